The Kier molecular flexibility index (Phi) is 2.61. The van der Waals surface area contributed by atoms with E-state index in [1.165, 1.54) is 6.92 Å². The topological polar surface area (TPSA) is 69.6 Å². The van der Waals surface area contributed by atoms with Crippen molar-refractivity contribution in [2.45, 2.75) is 25.8 Å². The van der Waals surface area contributed by atoms with E-state index in [9.17, 15) is 4.79 Å². The molecule has 0 aromatic heterocycles. The van der Waals surface area contributed by atoms with E-state index in [0.29, 0.717) is 6.42 Å². The minimum absolute atomic E-state index is 0.346. The van der Waals surface area contributed by atoms with Crippen LogP contribution in [-0.4, -0.2) is 21.8 Å². The molecule has 0 heterocycles. The number of hydroxylamine groups is 1. The first-order chi connectivity index (χ1) is 4.06. The molecule has 9 heavy (non-hydrogen) atoms. The molecule has 0 aliphatic rings. The fourth-order valence-electron chi connectivity index (χ4n) is 0.278. The molecule has 0 fully saturated rings. The van der Waals surface area contributed by atoms with Crippen molar-refractivity contribution >= 4 is 5.97 Å². The van der Waals surface area contributed by atoms with E-state index in [4.69, 9.17) is 10.3 Å². The molecule has 0 radical (unpaired) electrons. The zero-order valence-electron chi connectivity index (χ0n) is 5.51. The predicted molar refractivity (Wildman–Crippen MR) is 31.3 cm³/mol. The first kappa shape index (κ1) is 8.39. The maximum atomic E-state index is 10.3. The summed E-state index contributed by atoms with van der Waals surface area (Å²) in [4.78, 5) is 10.3. The molecule has 0 rings (SSSR count). The molecule has 0 aliphatic heterocycles. The monoisotopic (exact) mass is 133 g/mol. The molecular weight excluding hydrogens is 122 g/mol. The Morgan fingerprint density at radius 1 is 1.78 bits per heavy atom. The van der Waals surface area contributed by atoms with Crippen LogP contribution in [0.25, 0.3) is 0 Å². The van der Waals surface area contributed by atoms with Crippen LogP contribution in [-0.2, 0) is 4.79 Å². The van der Waals surface area contributed by atoms with Crippen LogP contribution in [0.5, 0.6) is 0 Å². The van der Waals surface area contributed by atoms with Gasteiger partial charge in [-0.3, -0.25) is 4.79 Å². The largest absolute Gasteiger partial charge is 0.480 e. The molecule has 0 aromatic rings. The molecule has 4 heteroatoms. The van der Waals surface area contributed by atoms with Gasteiger partial charge in [0.25, 0.3) is 0 Å². The van der Waals surface area contributed by atoms with Crippen LogP contribution < -0.4 is 5.48 Å². The lowest BCUT2D eigenvalue weighted by atomic mass is 10.0. The van der Waals surface area contributed by atoms with E-state index in [-0.39, 0.29) is 0 Å². The van der Waals surface area contributed by atoms with Crippen molar-refractivity contribution < 1.29 is 15.1 Å². The molecule has 0 aliphatic carbocycles. The molecule has 0 saturated carbocycles. The van der Waals surface area contributed by atoms with E-state index in [2.05, 4.69) is 0 Å². The molecule has 1 atom stereocenters. The lowest BCUT2D eigenvalue weighted by Crippen LogP contribution is -2.47. The van der Waals surface area contributed by atoms with Gasteiger partial charge < -0.3 is 10.3 Å². The number of hydrogen-bond acceptors (Lipinski definition) is 3. The van der Waals surface area contributed by atoms with Gasteiger partial charge in [0.2, 0.25) is 0 Å². The summed E-state index contributed by atoms with van der Waals surface area (Å²) in [5.74, 6) is -1.05. The molecule has 3 N–H and O–H groups in total. The van der Waals surface area contributed by atoms with Crippen molar-refractivity contribution in [2.24, 2.45) is 0 Å². The minimum atomic E-state index is -1.19. The van der Waals surface area contributed by atoms with Crippen molar-refractivity contribution in [1.29, 1.82) is 0 Å². The second-order valence-corrected chi connectivity index (χ2v) is 2.10. The van der Waals surface area contributed by atoms with Crippen LogP contribution >= 0.6 is 0 Å². The van der Waals surface area contributed by atoms with Crippen LogP contribution in [0.1, 0.15) is 20.3 Å². The average Bonchev–Trinajstić information content (AvgIpc) is 1.86. The first-order valence-corrected chi connectivity index (χ1v) is 2.71. The fraction of sp³-hybridized carbons (Fsp3) is 0.800. The molecule has 4 nitrogen and oxygen atoms in total. The summed E-state index contributed by atoms with van der Waals surface area (Å²) in [6, 6.07) is 0. The van der Waals surface area contributed by atoms with Crippen LogP contribution in [0.15, 0.2) is 0 Å². The van der Waals surface area contributed by atoms with E-state index < -0.39 is 11.5 Å². The number of nitrogens with one attached hydrogen (secondary N) is 1. The zero-order chi connectivity index (χ0) is 7.49. The average molecular weight is 133 g/mol. The molecule has 0 saturated heterocycles. The number of carbonyl (C=O) groups is 1. The summed E-state index contributed by atoms with van der Waals surface area (Å²) in [5.41, 5.74) is 0.534. The van der Waals surface area contributed by atoms with Crippen molar-refractivity contribution in [3.05, 3.63) is 0 Å². The highest BCUT2D eigenvalue weighted by atomic mass is 16.5. The van der Waals surface area contributed by atoms with Crippen LogP contribution in [0, 0.1) is 0 Å². The minimum Gasteiger partial charge on any atom is -0.480 e. The highest BCUT2D eigenvalue weighted by Crippen LogP contribution is 2.06. The third-order valence-electron chi connectivity index (χ3n) is 1.43. The molecular formula is C5H11NO3. The predicted octanol–water partition coefficient (Wildman–Crippen LogP) is 0.218. The van der Waals surface area contributed by atoms with Gasteiger partial charge in [-0.05, 0) is 13.3 Å². The molecule has 0 spiro atoms. The van der Waals surface area contributed by atoms with Crippen molar-refractivity contribution in [3.63, 3.8) is 0 Å². The van der Waals surface area contributed by atoms with Crippen molar-refractivity contribution in [2.75, 3.05) is 0 Å². The smallest absolute Gasteiger partial charge is 0.325 e. The summed E-state index contributed by atoms with van der Waals surface area (Å²) in [6.45, 7) is 3.09. The van der Waals surface area contributed by atoms with E-state index >= 15 is 0 Å². The van der Waals surface area contributed by atoms with E-state index in [1.807, 2.05) is 0 Å². The lowest BCUT2D eigenvalue weighted by Gasteiger charge is -2.19. The maximum Gasteiger partial charge on any atom is 0.325 e. The fourth-order valence-corrected chi connectivity index (χ4v) is 0.278. The van der Waals surface area contributed by atoms with Gasteiger partial charge in [0.15, 0.2) is 0 Å². The molecule has 0 amide bonds. The van der Waals surface area contributed by atoms with Gasteiger partial charge >= 0.3 is 5.97 Å². The van der Waals surface area contributed by atoms with Gasteiger partial charge in [-0.2, -0.15) is 5.48 Å². The van der Waals surface area contributed by atoms with Gasteiger partial charge in [-0.25, -0.2) is 0 Å². The SMILES string of the molecule is CCC(C)(NO)C(=O)O. The lowest BCUT2D eigenvalue weighted by molar-refractivity contribution is -0.149. The molecule has 1 unspecified atom stereocenters. The third kappa shape index (κ3) is 1.65. The summed E-state index contributed by atoms with van der Waals surface area (Å²) >= 11 is 0. The Bertz CT molecular complexity index is 109. The zero-order valence-corrected chi connectivity index (χ0v) is 5.51. The Morgan fingerprint density at radius 2 is 2.22 bits per heavy atom. The Balaban J connectivity index is 4.09. The maximum absolute atomic E-state index is 10.3. The van der Waals surface area contributed by atoms with Crippen LogP contribution in [0.2, 0.25) is 0 Å². The summed E-state index contributed by atoms with van der Waals surface area (Å²) in [7, 11) is 0. The standard InChI is InChI=1S/C5H11NO3/c1-3-5(2,6-9)4(7)8/h6,9H,3H2,1-2H3,(H,7,8). The number of carboxylic acids is 1. The van der Waals surface area contributed by atoms with Crippen molar-refractivity contribution in [3.8, 4) is 0 Å². The van der Waals surface area contributed by atoms with Crippen molar-refractivity contribution in [1.82, 2.24) is 5.48 Å². The quantitative estimate of drug-likeness (QED) is 0.481. The Hall–Kier alpha value is -0.610. The first-order valence-electron chi connectivity index (χ1n) is 2.71. The number of hydrogen-bond donors (Lipinski definition) is 3. The number of carboxylic acid groups (broad SMARTS) is 1. The highest BCUT2D eigenvalue weighted by Gasteiger charge is 2.29. The van der Waals surface area contributed by atoms with E-state index in [1.54, 1.807) is 12.4 Å². The summed E-state index contributed by atoms with van der Waals surface area (Å²) < 4.78 is 0. The summed E-state index contributed by atoms with van der Waals surface area (Å²) in [6.07, 6.45) is 0.346. The van der Waals surface area contributed by atoms with Gasteiger partial charge in [0, 0.05) is 0 Å². The van der Waals surface area contributed by atoms with Crippen LogP contribution in [0.3, 0.4) is 0 Å². The third-order valence-corrected chi connectivity index (χ3v) is 1.43. The Labute approximate surface area is 53.5 Å². The molecule has 0 aromatic carbocycles. The second-order valence-electron chi connectivity index (χ2n) is 2.10. The highest BCUT2D eigenvalue weighted by molar-refractivity contribution is 5.77. The molecule has 54 valence electrons. The second kappa shape index (κ2) is 2.80. The van der Waals surface area contributed by atoms with Gasteiger partial charge in [-0.1, -0.05) is 6.92 Å². The van der Waals surface area contributed by atoms with Crippen LogP contribution in [0.4, 0.5) is 0 Å². The van der Waals surface area contributed by atoms with Gasteiger partial charge in [0.1, 0.15) is 5.54 Å². The normalized spacial score (nSPS) is 16.8. The Morgan fingerprint density at radius 3 is 2.22 bits per heavy atom. The van der Waals surface area contributed by atoms with E-state index in [0.717, 1.165) is 0 Å². The summed E-state index contributed by atoms with van der Waals surface area (Å²) in [5, 5.41) is 16.7. The molecule has 0 bridgehead atoms. The number of aliphatic carboxylic acids is 1. The van der Waals surface area contributed by atoms with Gasteiger partial charge in [-0.15, -0.1) is 0 Å². The van der Waals surface area contributed by atoms with Gasteiger partial charge in [0.05, 0.1) is 0 Å². The number of rotatable bonds is 3.